The Bertz CT molecular complexity index is 1290. The first-order chi connectivity index (χ1) is 15.5. The van der Waals surface area contributed by atoms with Gasteiger partial charge in [0, 0.05) is 11.1 Å². The maximum atomic E-state index is 13.0. The van der Waals surface area contributed by atoms with Crippen LogP contribution < -0.4 is 15.9 Å². The molecule has 0 aliphatic carbocycles. The first-order valence-corrected chi connectivity index (χ1v) is 9.72. The topological polar surface area (TPSA) is 102 Å². The highest BCUT2D eigenvalue weighted by molar-refractivity contribution is 6.44. The summed E-state index contributed by atoms with van der Waals surface area (Å²) in [5.41, 5.74) is 2.09. The minimum Gasteiger partial charge on any atom is -0.323 e. The Hall–Kier alpha value is -4.12. The number of hydrogen-bond donors (Lipinski definition) is 1. The van der Waals surface area contributed by atoms with Gasteiger partial charge in [-0.05, 0) is 41.0 Å². The average molecular weight is 432 g/mol. The van der Waals surface area contributed by atoms with Gasteiger partial charge in [-0.3, -0.25) is 19.3 Å². The summed E-state index contributed by atoms with van der Waals surface area (Å²) < 4.78 is 13.5. The SMILES string of the molecule is C=C(/C=C\C(=C/C)N1C(=O)CC(=O)Nc2c1ccc1ccccc21)n1nnnc1BOF. The molecule has 1 aliphatic heterocycles. The number of nitrogens with one attached hydrogen (secondary N) is 1. The molecule has 0 radical (unpaired) electrons. The van der Waals surface area contributed by atoms with Gasteiger partial charge in [0.2, 0.25) is 11.8 Å². The van der Waals surface area contributed by atoms with Crippen molar-refractivity contribution in [1.82, 2.24) is 20.2 Å². The molecule has 1 aliphatic rings. The van der Waals surface area contributed by atoms with E-state index in [0.29, 0.717) is 22.8 Å². The normalized spacial score (nSPS) is 14.4. The smallest absolute Gasteiger partial charge is 0.323 e. The molecule has 9 nitrogen and oxygen atoms in total. The molecule has 3 aromatic rings. The predicted molar refractivity (Wildman–Crippen MR) is 120 cm³/mol. The largest absolute Gasteiger partial charge is 0.408 e. The molecule has 0 saturated heterocycles. The van der Waals surface area contributed by atoms with Crippen LogP contribution in [-0.2, 0) is 14.4 Å². The summed E-state index contributed by atoms with van der Waals surface area (Å²) >= 11 is 0. The lowest BCUT2D eigenvalue weighted by molar-refractivity contribution is -0.124. The van der Waals surface area contributed by atoms with Gasteiger partial charge in [-0.15, -0.1) is 5.10 Å². The van der Waals surface area contributed by atoms with Crippen molar-refractivity contribution in [2.24, 2.45) is 0 Å². The van der Waals surface area contributed by atoms with Crippen LogP contribution in [0.4, 0.5) is 15.9 Å². The minimum atomic E-state index is -0.435. The summed E-state index contributed by atoms with van der Waals surface area (Å²) in [5, 5.41) is 15.6. The Kier molecular flexibility index (Phi) is 5.90. The fraction of sp³-hybridized carbons (Fsp3) is 0.0952. The number of halogens is 1. The van der Waals surface area contributed by atoms with E-state index >= 15 is 0 Å². The number of carbonyl (C=O) groups is 2. The lowest BCUT2D eigenvalue weighted by Crippen LogP contribution is -2.30. The molecule has 2 aromatic carbocycles. The molecule has 0 spiro atoms. The molecule has 0 saturated carbocycles. The second-order valence-electron chi connectivity index (χ2n) is 6.93. The van der Waals surface area contributed by atoms with Crippen LogP contribution in [0.5, 0.6) is 0 Å². The molecule has 0 bridgehead atoms. The molecule has 1 N–H and O–H groups in total. The van der Waals surface area contributed by atoms with Gasteiger partial charge in [-0.2, -0.15) is 0 Å². The Labute approximate surface area is 183 Å². The molecule has 4 rings (SSSR count). The lowest BCUT2D eigenvalue weighted by Gasteiger charge is -2.24. The maximum Gasteiger partial charge on any atom is 0.408 e. The third-order valence-corrected chi connectivity index (χ3v) is 4.96. The molecule has 1 aromatic heterocycles. The van der Waals surface area contributed by atoms with Gasteiger partial charge in [0.05, 0.1) is 17.1 Å². The number of nitrogens with zero attached hydrogens (tertiary/aromatic N) is 5. The first-order valence-electron chi connectivity index (χ1n) is 9.72. The number of rotatable bonds is 6. The Morgan fingerprint density at radius 3 is 2.84 bits per heavy atom. The van der Waals surface area contributed by atoms with Gasteiger partial charge in [0.1, 0.15) is 6.42 Å². The summed E-state index contributed by atoms with van der Waals surface area (Å²) in [6, 6.07) is 11.3. The van der Waals surface area contributed by atoms with E-state index in [-0.39, 0.29) is 24.0 Å². The van der Waals surface area contributed by atoms with Crippen molar-refractivity contribution in [2.45, 2.75) is 13.3 Å². The highest BCUT2D eigenvalue weighted by Gasteiger charge is 2.29. The molecule has 160 valence electrons. The van der Waals surface area contributed by atoms with E-state index < -0.39 is 7.48 Å². The molecule has 2 amide bonds. The van der Waals surface area contributed by atoms with Crippen LogP contribution in [0.1, 0.15) is 13.3 Å². The van der Waals surface area contributed by atoms with Crippen LogP contribution in [0.15, 0.2) is 66.9 Å². The van der Waals surface area contributed by atoms with Gasteiger partial charge in [0.25, 0.3) is 0 Å². The van der Waals surface area contributed by atoms with Crippen molar-refractivity contribution in [1.29, 1.82) is 0 Å². The second kappa shape index (κ2) is 8.94. The number of amides is 2. The molecule has 0 unspecified atom stereocenters. The number of carbonyl (C=O) groups excluding carboxylic acids is 2. The van der Waals surface area contributed by atoms with Crippen molar-refractivity contribution in [2.75, 3.05) is 10.2 Å². The van der Waals surface area contributed by atoms with Crippen molar-refractivity contribution < 1.29 is 19.0 Å². The molecule has 2 heterocycles. The molecule has 0 atom stereocenters. The third-order valence-electron chi connectivity index (χ3n) is 4.96. The van der Waals surface area contributed by atoms with E-state index in [4.69, 9.17) is 0 Å². The summed E-state index contributed by atoms with van der Waals surface area (Å²) in [4.78, 5) is 30.5. The van der Waals surface area contributed by atoms with Gasteiger partial charge >= 0.3 is 7.48 Å². The lowest BCUT2D eigenvalue weighted by atomic mass is 10.0. The number of allylic oxidation sites excluding steroid dienone is 4. The number of aromatic nitrogens is 4. The summed E-state index contributed by atoms with van der Waals surface area (Å²) in [6.45, 7) is 5.66. The zero-order valence-corrected chi connectivity index (χ0v) is 17.2. The van der Waals surface area contributed by atoms with Crippen molar-refractivity contribution in [3.8, 4) is 0 Å². The van der Waals surface area contributed by atoms with Crippen molar-refractivity contribution in [3.05, 3.63) is 66.9 Å². The van der Waals surface area contributed by atoms with Crippen LogP contribution >= 0.6 is 0 Å². The second-order valence-corrected chi connectivity index (χ2v) is 6.93. The molecular weight excluding hydrogens is 414 g/mol. The standard InChI is InChI=1S/C21H18BFN6O3/c1-3-15(10-8-13(2)29-21(22-32-23)25-26-27-29)28-17-11-9-14-6-4-5-7-16(14)20(17)24-18(30)12-19(28)31/h3-11,22H,2,12H2,1H3,(H,24,30)/b10-8-,15-3+. The molecule has 32 heavy (non-hydrogen) atoms. The van der Waals surface area contributed by atoms with Crippen LogP contribution in [0.25, 0.3) is 16.5 Å². The molecule has 0 fully saturated rings. The first kappa shape index (κ1) is 21.1. The molecular formula is C21H18BFN6O3. The van der Waals surface area contributed by atoms with Crippen molar-refractivity contribution >= 4 is 52.9 Å². The fourth-order valence-corrected chi connectivity index (χ4v) is 3.51. The number of anilines is 2. The number of tetrazole rings is 1. The van der Waals surface area contributed by atoms with Gasteiger partial charge in [-0.1, -0.05) is 47.5 Å². The van der Waals surface area contributed by atoms with Gasteiger partial charge < -0.3 is 5.32 Å². The van der Waals surface area contributed by atoms with E-state index in [0.717, 1.165) is 10.8 Å². The number of hydrogen-bond acceptors (Lipinski definition) is 6. The van der Waals surface area contributed by atoms with Gasteiger partial charge in [-0.25, -0.2) is 4.68 Å². The maximum absolute atomic E-state index is 13.0. The van der Waals surface area contributed by atoms with Crippen molar-refractivity contribution in [3.63, 3.8) is 0 Å². The summed E-state index contributed by atoms with van der Waals surface area (Å²) in [6.07, 6.45) is 4.67. The van der Waals surface area contributed by atoms with Crippen LogP contribution in [0.3, 0.4) is 0 Å². The van der Waals surface area contributed by atoms with E-state index in [1.807, 2.05) is 30.3 Å². The van der Waals surface area contributed by atoms with Gasteiger partial charge in [0.15, 0.2) is 5.72 Å². The van der Waals surface area contributed by atoms with E-state index in [1.54, 1.807) is 31.2 Å². The monoisotopic (exact) mass is 432 g/mol. The highest BCUT2D eigenvalue weighted by Crippen LogP contribution is 2.38. The fourth-order valence-electron chi connectivity index (χ4n) is 3.51. The quantitative estimate of drug-likeness (QED) is 0.363. The average Bonchev–Trinajstić information content (AvgIpc) is 3.20. The number of fused-ring (bicyclic) bond motifs is 3. The summed E-state index contributed by atoms with van der Waals surface area (Å²) in [7, 11) is -0.435. The molecule has 11 heteroatoms. The Morgan fingerprint density at radius 1 is 1.25 bits per heavy atom. The van der Waals surface area contributed by atoms with Crippen LogP contribution in [-0.4, -0.2) is 39.5 Å². The van der Waals surface area contributed by atoms with E-state index in [9.17, 15) is 14.1 Å². The number of benzene rings is 2. The minimum absolute atomic E-state index is 0.127. The van der Waals surface area contributed by atoms with Crippen LogP contribution in [0.2, 0.25) is 0 Å². The van der Waals surface area contributed by atoms with E-state index in [2.05, 4.69) is 32.3 Å². The zero-order chi connectivity index (χ0) is 22.7. The zero-order valence-electron chi connectivity index (χ0n) is 17.2. The van der Waals surface area contributed by atoms with Crippen LogP contribution in [0, 0.1) is 0 Å². The Balaban J connectivity index is 1.74. The van der Waals surface area contributed by atoms with E-state index in [1.165, 1.54) is 9.58 Å². The highest BCUT2D eigenvalue weighted by atomic mass is 19.3. The third kappa shape index (κ3) is 3.93. The summed E-state index contributed by atoms with van der Waals surface area (Å²) in [5.74, 6) is -0.766. The Morgan fingerprint density at radius 2 is 2.06 bits per heavy atom. The predicted octanol–water partition coefficient (Wildman–Crippen LogP) is 2.01.